The van der Waals surface area contributed by atoms with Gasteiger partial charge in [0.2, 0.25) is 0 Å². The lowest BCUT2D eigenvalue weighted by atomic mass is 10.3. The number of aryl methyl sites for hydroxylation is 1. The van der Waals surface area contributed by atoms with Crippen LogP contribution in [0.2, 0.25) is 0 Å². The molecule has 2 aromatic rings. The Balaban J connectivity index is 2.13. The normalized spacial score (nSPS) is 11.4. The molecule has 0 spiro atoms. The lowest BCUT2D eigenvalue weighted by Crippen LogP contribution is -2.15. The average molecular weight is 299 g/mol. The van der Waals surface area contributed by atoms with E-state index < -0.39 is 32.3 Å². The van der Waals surface area contributed by atoms with E-state index in [1.165, 1.54) is 18.2 Å². The van der Waals surface area contributed by atoms with Gasteiger partial charge >= 0.3 is 5.97 Å². The minimum absolute atomic E-state index is 0.114. The summed E-state index contributed by atoms with van der Waals surface area (Å²) in [6.07, 6.45) is 1.11. The lowest BCUT2D eigenvalue weighted by Gasteiger charge is -2.05. The third-order valence-electron chi connectivity index (χ3n) is 2.52. The lowest BCUT2D eigenvalue weighted by molar-refractivity contribution is 0.0690. The fraction of sp³-hybridized carbons (Fsp3) is 0.182. The summed E-state index contributed by atoms with van der Waals surface area (Å²) < 4.78 is 38.4. The van der Waals surface area contributed by atoms with Gasteiger partial charge in [-0.2, -0.15) is 0 Å². The largest absolute Gasteiger partial charge is 0.476 e. The maximum atomic E-state index is 13.4. The Hall–Kier alpha value is -2.29. The molecule has 0 aliphatic heterocycles. The number of carbonyl (C=O) groups is 1. The number of aromatic carboxylic acids is 1. The Morgan fingerprint density at radius 1 is 1.35 bits per heavy atom. The third kappa shape index (κ3) is 2.99. The molecule has 1 N–H and O–H groups in total. The van der Waals surface area contributed by atoms with E-state index >= 15 is 0 Å². The number of carboxylic acid groups (broad SMARTS) is 1. The van der Waals surface area contributed by atoms with Crippen molar-refractivity contribution in [3.8, 4) is 0 Å². The molecule has 106 valence electrons. The van der Waals surface area contributed by atoms with E-state index in [1.807, 2.05) is 0 Å². The van der Waals surface area contributed by atoms with E-state index in [0.29, 0.717) is 0 Å². The Kier molecular flexibility index (Phi) is 3.79. The minimum atomic E-state index is -3.81. The van der Waals surface area contributed by atoms with Crippen LogP contribution in [0.15, 0.2) is 35.4 Å². The molecule has 2 rings (SSSR count). The highest BCUT2D eigenvalue weighted by molar-refractivity contribution is 7.91. The molecule has 0 unspecified atom stereocenters. The summed E-state index contributed by atoms with van der Waals surface area (Å²) in [5.74, 6) is -2.48. The molecule has 7 nitrogen and oxygen atoms in total. The van der Waals surface area contributed by atoms with Crippen molar-refractivity contribution in [2.24, 2.45) is 0 Å². The second kappa shape index (κ2) is 5.37. The predicted octanol–water partition coefficient (Wildman–Crippen LogP) is 0.589. The number of sulfone groups is 1. The van der Waals surface area contributed by atoms with Crippen molar-refractivity contribution in [1.82, 2.24) is 15.0 Å². The van der Waals surface area contributed by atoms with Crippen LogP contribution in [0.5, 0.6) is 0 Å². The smallest absolute Gasteiger partial charge is 0.358 e. The number of aromatic nitrogens is 3. The van der Waals surface area contributed by atoms with E-state index in [-0.39, 0.29) is 12.2 Å². The number of halogens is 1. The Morgan fingerprint density at radius 2 is 2.05 bits per heavy atom. The number of hydrogen-bond donors (Lipinski definition) is 1. The topological polar surface area (TPSA) is 102 Å². The molecule has 0 aliphatic carbocycles. The van der Waals surface area contributed by atoms with Gasteiger partial charge in [-0.05, 0) is 12.1 Å². The molecule has 0 bridgehead atoms. The van der Waals surface area contributed by atoms with Gasteiger partial charge in [0, 0.05) is 0 Å². The van der Waals surface area contributed by atoms with Crippen molar-refractivity contribution in [1.29, 1.82) is 0 Å². The molecule has 0 fully saturated rings. The van der Waals surface area contributed by atoms with Crippen molar-refractivity contribution in [3.05, 3.63) is 42.0 Å². The standard InChI is InChI=1S/C11H10FN3O4S/c12-8-3-1-2-4-10(8)20(18,19)6-5-15-7-9(11(16)17)13-14-15/h1-4,7H,5-6H2,(H,16,17). The molecule has 0 saturated carbocycles. The zero-order valence-corrected chi connectivity index (χ0v) is 10.9. The second-order valence-electron chi connectivity index (χ2n) is 3.92. The molecule has 0 saturated heterocycles. The summed E-state index contributed by atoms with van der Waals surface area (Å²) in [4.78, 5) is 10.2. The fourth-order valence-corrected chi connectivity index (χ4v) is 2.82. The summed E-state index contributed by atoms with van der Waals surface area (Å²) in [6, 6.07) is 5.05. The quantitative estimate of drug-likeness (QED) is 0.867. The predicted molar refractivity (Wildman–Crippen MR) is 65.4 cm³/mol. The first-order chi connectivity index (χ1) is 9.40. The number of carboxylic acids is 1. The first-order valence-corrected chi connectivity index (χ1v) is 7.16. The molecule has 0 amide bonds. The number of benzene rings is 1. The Morgan fingerprint density at radius 3 is 2.65 bits per heavy atom. The highest BCUT2D eigenvalue weighted by atomic mass is 32.2. The van der Waals surface area contributed by atoms with Crippen LogP contribution in [-0.2, 0) is 16.4 Å². The van der Waals surface area contributed by atoms with Crippen LogP contribution < -0.4 is 0 Å². The molecule has 1 aromatic carbocycles. The highest BCUT2D eigenvalue weighted by Gasteiger charge is 2.19. The second-order valence-corrected chi connectivity index (χ2v) is 6.00. The molecular formula is C11H10FN3O4S. The van der Waals surface area contributed by atoms with Crippen molar-refractivity contribution in [3.63, 3.8) is 0 Å². The zero-order chi connectivity index (χ0) is 14.8. The van der Waals surface area contributed by atoms with Gasteiger partial charge in [0.05, 0.1) is 18.5 Å². The first kappa shape index (κ1) is 14.1. The molecule has 1 heterocycles. The van der Waals surface area contributed by atoms with Crippen LogP contribution >= 0.6 is 0 Å². The van der Waals surface area contributed by atoms with Crippen LogP contribution in [0, 0.1) is 5.82 Å². The summed E-state index contributed by atoms with van der Waals surface area (Å²) in [6.45, 7) is -0.114. The van der Waals surface area contributed by atoms with Gasteiger partial charge in [0.25, 0.3) is 0 Å². The first-order valence-electron chi connectivity index (χ1n) is 5.51. The third-order valence-corrected chi connectivity index (χ3v) is 4.24. The molecule has 20 heavy (non-hydrogen) atoms. The van der Waals surface area contributed by atoms with Crippen LogP contribution in [0.4, 0.5) is 4.39 Å². The maximum absolute atomic E-state index is 13.4. The average Bonchev–Trinajstić information content (AvgIpc) is 2.86. The van der Waals surface area contributed by atoms with Gasteiger partial charge < -0.3 is 5.11 Å². The van der Waals surface area contributed by atoms with Gasteiger partial charge in [-0.3, -0.25) is 4.68 Å². The summed E-state index contributed by atoms with van der Waals surface area (Å²) in [5, 5.41) is 15.5. The number of rotatable bonds is 5. The molecular weight excluding hydrogens is 289 g/mol. The van der Waals surface area contributed by atoms with Gasteiger partial charge in [-0.15, -0.1) is 5.10 Å². The van der Waals surface area contributed by atoms with Gasteiger partial charge in [0.15, 0.2) is 15.5 Å². The molecule has 1 aromatic heterocycles. The summed E-state index contributed by atoms with van der Waals surface area (Å²) >= 11 is 0. The van der Waals surface area contributed by atoms with E-state index in [2.05, 4.69) is 10.3 Å². The SMILES string of the molecule is O=C(O)c1cn(CCS(=O)(=O)c2ccccc2F)nn1. The van der Waals surface area contributed by atoms with Crippen molar-refractivity contribution < 1.29 is 22.7 Å². The molecule has 0 aliphatic rings. The van der Waals surface area contributed by atoms with Crippen LogP contribution in [0.3, 0.4) is 0 Å². The minimum Gasteiger partial charge on any atom is -0.476 e. The van der Waals surface area contributed by atoms with Gasteiger partial charge in [0.1, 0.15) is 10.7 Å². The maximum Gasteiger partial charge on any atom is 0.358 e. The Bertz CT molecular complexity index is 742. The fourth-order valence-electron chi connectivity index (χ4n) is 1.53. The van der Waals surface area contributed by atoms with Crippen molar-refractivity contribution >= 4 is 15.8 Å². The Labute approximate surface area is 113 Å². The van der Waals surface area contributed by atoms with E-state index in [0.717, 1.165) is 16.9 Å². The van der Waals surface area contributed by atoms with Gasteiger partial charge in [-0.25, -0.2) is 17.6 Å². The van der Waals surface area contributed by atoms with Crippen LogP contribution in [0.1, 0.15) is 10.5 Å². The molecule has 9 heteroatoms. The van der Waals surface area contributed by atoms with E-state index in [1.54, 1.807) is 0 Å². The monoisotopic (exact) mass is 299 g/mol. The van der Waals surface area contributed by atoms with Gasteiger partial charge in [-0.1, -0.05) is 17.3 Å². The molecule has 0 radical (unpaired) electrons. The van der Waals surface area contributed by atoms with E-state index in [4.69, 9.17) is 5.11 Å². The summed E-state index contributed by atoms with van der Waals surface area (Å²) in [7, 11) is -3.81. The zero-order valence-electron chi connectivity index (χ0n) is 10.1. The van der Waals surface area contributed by atoms with Crippen molar-refractivity contribution in [2.45, 2.75) is 11.4 Å². The number of hydrogen-bond acceptors (Lipinski definition) is 5. The van der Waals surface area contributed by atoms with Crippen LogP contribution in [0.25, 0.3) is 0 Å². The van der Waals surface area contributed by atoms with E-state index in [9.17, 15) is 17.6 Å². The highest BCUT2D eigenvalue weighted by Crippen LogP contribution is 2.15. The summed E-state index contributed by atoms with van der Waals surface area (Å²) in [5.41, 5.74) is -0.284. The van der Waals surface area contributed by atoms with Crippen molar-refractivity contribution in [2.75, 3.05) is 5.75 Å². The number of nitrogens with zero attached hydrogens (tertiary/aromatic N) is 3. The molecule has 0 atom stereocenters. The van der Waals surface area contributed by atoms with Crippen LogP contribution in [-0.4, -0.2) is 40.2 Å².